The van der Waals surface area contributed by atoms with E-state index in [9.17, 15) is 4.79 Å². The summed E-state index contributed by atoms with van der Waals surface area (Å²) in [5.41, 5.74) is 1.12. The van der Waals surface area contributed by atoms with Gasteiger partial charge in [-0.3, -0.25) is 4.79 Å². The van der Waals surface area contributed by atoms with Crippen LogP contribution in [-0.2, 0) is 25.6 Å². The van der Waals surface area contributed by atoms with Crippen LogP contribution in [0.15, 0.2) is 30.3 Å². The zero-order valence-corrected chi connectivity index (χ0v) is 16.7. The summed E-state index contributed by atoms with van der Waals surface area (Å²) < 4.78 is 17.7. The van der Waals surface area contributed by atoms with Gasteiger partial charge >= 0.3 is 5.97 Å². The first-order chi connectivity index (χ1) is 11.1. The number of esters is 1. The quantitative estimate of drug-likeness (QED) is 0.291. The van der Waals surface area contributed by atoms with E-state index in [1.165, 1.54) is 0 Å². The molecule has 0 spiro atoms. The van der Waals surface area contributed by atoms with Crippen LogP contribution in [-0.4, -0.2) is 63.1 Å². The van der Waals surface area contributed by atoms with E-state index >= 15 is 0 Å². The summed E-state index contributed by atoms with van der Waals surface area (Å²) in [6.07, 6.45) is 0.177. The number of quaternary nitrogens is 1. The van der Waals surface area contributed by atoms with Gasteiger partial charge in [-0.2, -0.15) is 0 Å². The summed E-state index contributed by atoms with van der Waals surface area (Å²) >= 11 is 0. The summed E-state index contributed by atoms with van der Waals surface area (Å²) in [5.74, 6) is -0.168. The maximum Gasteiger partial charge on any atom is 0.306 e. The average Bonchev–Trinajstić information content (AvgIpc) is 2.56. The van der Waals surface area contributed by atoms with E-state index < -0.39 is 0 Å². The maximum atomic E-state index is 11.7. The van der Waals surface area contributed by atoms with Gasteiger partial charge in [-0.1, -0.05) is 37.3 Å². The molecule has 2 rings (SSSR count). The summed E-state index contributed by atoms with van der Waals surface area (Å²) in [5, 5.41) is 0. The predicted octanol–water partition coefficient (Wildman–Crippen LogP) is -0.994. The second kappa shape index (κ2) is 11.0. The molecule has 0 amide bonds. The van der Waals surface area contributed by atoms with Crippen molar-refractivity contribution in [3.05, 3.63) is 35.9 Å². The molecule has 0 aromatic heterocycles. The summed E-state index contributed by atoms with van der Waals surface area (Å²) in [6.45, 7) is 6.95. The molecule has 1 heterocycles. The number of hydrogen-bond acceptors (Lipinski definition) is 4. The first-order valence-electron chi connectivity index (χ1n) is 8.34. The summed E-state index contributed by atoms with van der Waals surface area (Å²) in [7, 11) is 2.19. The molecule has 1 saturated heterocycles. The van der Waals surface area contributed by atoms with E-state index in [2.05, 4.69) is 7.05 Å². The summed E-state index contributed by atoms with van der Waals surface area (Å²) in [6, 6.07) is 10.0. The van der Waals surface area contributed by atoms with Crippen molar-refractivity contribution in [3.8, 4) is 0 Å². The molecular weight excluding hydrogens is 421 g/mol. The number of benzene rings is 1. The third-order valence-electron chi connectivity index (χ3n) is 4.20. The molecule has 0 aliphatic carbocycles. The number of nitrogens with zero attached hydrogens (tertiary/aromatic N) is 1. The van der Waals surface area contributed by atoms with Gasteiger partial charge in [0.15, 0.2) is 6.10 Å². The van der Waals surface area contributed by atoms with Gasteiger partial charge in [-0.15, -0.1) is 0 Å². The Balaban J connectivity index is 0.00000288. The highest BCUT2D eigenvalue weighted by Crippen LogP contribution is 2.12. The smallest absolute Gasteiger partial charge is 0.306 e. The normalized spacial score (nSPS) is 17.6. The molecule has 1 aliphatic heterocycles. The van der Waals surface area contributed by atoms with Crippen LogP contribution in [0.25, 0.3) is 0 Å². The predicted molar refractivity (Wildman–Crippen MR) is 87.9 cm³/mol. The standard InChI is InChI=1S/C18H28NO4.HI/c1-3-18(20)23-17(13-19(2)9-11-21-12-10-19)15-22-14-16-7-5-4-6-8-16;/h4-8,17H,3,9-15H2,1-2H3;1H/q+1;/p-1. The third-order valence-corrected chi connectivity index (χ3v) is 4.20. The first kappa shape index (κ1) is 21.3. The van der Waals surface area contributed by atoms with Gasteiger partial charge in [0, 0.05) is 6.42 Å². The van der Waals surface area contributed by atoms with Crippen LogP contribution < -0.4 is 24.0 Å². The van der Waals surface area contributed by atoms with Gasteiger partial charge < -0.3 is 42.7 Å². The van der Waals surface area contributed by atoms with Crippen molar-refractivity contribution in [2.75, 3.05) is 46.5 Å². The van der Waals surface area contributed by atoms with Crippen LogP contribution in [0.2, 0.25) is 0 Å². The van der Waals surface area contributed by atoms with Gasteiger partial charge in [-0.25, -0.2) is 0 Å². The van der Waals surface area contributed by atoms with Gasteiger partial charge in [0.1, 0.15) is 19.6 Å². The van der Waals surface area contributed by atoms with E-state index in [-0.39, 0.29) is 36.0 Å². The molecule has 1 fully saturated rings. The largest absolute Gasteiger partial charge is 1.00 e. The Morgan fingerprint density at radius 1 is 1.25 bits per heavy atom. The molecule has 5 nitrogen and oxygen atoms in total. The molecule has 24 heavy (non-hydrogen) atoms. The fourth-order valence-corrected chi connectivity index (χ4v) is 2.73. The first-order valence-corrected chi connectivity index (χ1v) is 8.34. The highest BCUT2D eigenvalue weighted by molar-refractivity contribution is 5.69. The van der Waals surface area contributed by atoms with Crippen molar-refractivity contribution in [1.29, 1.82) is 0 Å². The van der Waals surface area contributed by atoms with Gasteiger partial charge in [-0.05, 0) is 5.56 Å². The van der Waals surface area contributed by atoms with Crippen molar-refractivity contribution < 1.29 is 47.5 Å². The molecule has 1 aromatic rings. The zero-order chi connectivity index (χ0) is 16.5. The second-order valence-electron chi connectivity index (χ2n) is 6.33. The lowest BCUT2D eigenvalue weighted by Gasteiger charge is -2.39. The molecule has 1 atom stereocenters. The van der Waals surface area contributed by atoms with E-state index in [0.29, 0.717) is 19.6 Å². The average molecular weight is 449 g/mol. The number of halogens is 1. The molecule has 0 bridgehead atoms. The van der Waals surface area contributed by atoms with E-state index in [0.717, 1.165) is 42.9 Å². The van der Waals surface area contributed by atoms with Crippen LogP contribution in [0.1, 0.15) is 18.9 Å². The minimum atomic E-state index is -0.214. The van der Waals surface area contributed by atoms with Crippen LogP contribution in [0.5, 0.6) is 0 Å². The van der Waals surface area contributed by atoms with E-state index in [1.54, 1.807) is 0 Å². The fourth-order valence-electron chi connectivity index (χ4n) is 2.73. The van der Waals surface area contributed by atoms with E-state index in [4.69, 9.17) is 14.2 Å². The van der Waals surface area contributed by atoms with Crippen molar-refractivity contribution in [2.45, 2.75) is 26.1 Å². The Labute approximate surface area is 161 Å². The van der Waals surface area contributed by atoms with Crippen LogP contribution in [0.3, 0.4) is 0 Å². The number of rotatable bonds is 8. The fraction of sp³-hybridized carbons (Fsp3) is 0.611. The number of carbonyl (C=O) groups excluding carboxylic acids is 1. The molecule has 1 aromatic carbocycles. The van der Waals surface area contributed by atoms with Crippen LogP contribution in [0, 0.1) is 0 Å². The van der Waals surface area contributed by atoms with Crippen molar-refractivity contribution in [1.82, 2.24) is 0 Å². The van der Waals surface area contributed by atoms with Crippen LogP contribution in [0.4, 0.5) is 0 Å². The van der Waals surface area contributed by atoms with Crippen molar-refractivity contribution in [2.24, 2.45) is 0 Å². The minimum absolute atomic E-state index is 0. The van der Waals surface area contributed by atoms with Crippen LogP contribution >= 0.6 is 0 Å². The molecule has 0 saturated carbocycles. The van der Waals surface area contributed by atoms with Crippen molar-refractivity contribution in [3.63, 3.8) is 0 Å². The van der Waals surface area contributed by atoms with Gasteiger partial charge in [0.2, 0.25) is 0 Å². The molecule has 0 N–H and O–H groups in total. The summed E-state index contributed by atoms with van der Waals surface area (Å²) in [4.78, 5) is 11.7. The number of morpholine rings is 1. The molecule has 6 heteroatoms. The SMILES string of the molecule is CCC(=O)OC(COCc1ccccc1)C[N+]1(C)CCOCC1.[I-]. The van der Waals surface area contributed by atoms with Gasteiger partial charge in [0.05, 0.1) is 33.5 Å². The second-order valence-corrected chi connectivity index (χ2v) is 6.33. The molecule has 136 valence electrons. The third kappa shape index (κ3) is 7.46. The highest BCUT2D eigenvalue weighted by atomic mass is 127. The Hall–Kier alpha value is -0.700. The Bertz CT molecular complexity index is 477. The number of likely N-dealkylation sites (N-methyl/N-ethyl adjacent to an activating group) is 1. The molecule has 1 unspecified atom stereocenters. The number of hydrogen-bond donors (Lipinski definition) is 0. The Morgan fingerprint density at radius 2 is 1.92 bits per heavy atom. The maximum absolute atomic E-state index is 11.7. The zero-order valence-electron chi connectivity index (χ0n) is 14.6. The Kier molecular flexibility index (Phi) is 9.80. The van der Waals surface area contributed by atoms with E-state index in [1.807, 2.05) is 37.3 Å². The topological polar surface area (TPSA) is 44.8 Å². The molecule has 1 aliphatic rings. The molecule has 0 radical (unpaired) electrons. The monoisotopic (exact) mass is 449 g/mol. The highest BCUT2D eigenvalue weighted by Gasteiger charge is 2.30. The lowest BCUT2D eigenvalue weighted by Crippen LogP contribution is -3.00. The Morgan fingerprint density at radius 3 is 2.54 bits per heavy atom. The van der Waals surface area contributed by atoms with Crippen molar-refractivity contribution >= 4 is 5.97 Å². The minimum Gasteiger partial charge on any atom is -1.00 e. The lowest BCUT2D eigenvalue weighted by atomic mass is 10.2. The number of ether oxygens (including phenoxy) is 3. The lowest BCUT2D eigenvalue weighted by molar-refractivity contribution is -0.919. The molecular formula is C18H28INO4. The van der Waals surface area contributed by atoms with Gasteiger partial charge in [0.25, 0.3) is 0 Å². The number of carbonyl (C=O) groups is 1.